The molecule has 0 aliphatic carbocycles. The van der Waals surface area contributed by atoms with E-state index in [-0.39, 0.29) is 0 Å². The largest absolute Gasteiger partial charge is 0.497 e. The van der Waals surface area contributed by atoms with Crippen LogP contribution in [-0.2, 0) is 0 Å². The van der Waals surface area contributed by atoms with Crippen LogP contribution in [0.1, 0.15) is 18.0 Å². The third-order valence-electron chi connectivity index (χ3n) is 2.05. The average Bonchev–Trinajstić information content (AvgIpc) is 2.15. The van der Waals surface area contributed by atoms with E-state index in [2.05, 4.69) is 15.9 Å². The zero-order chi connectivity index (χ0) is 12.3. The average molecular weight is 298 g/mol. The molecule has 0 aliphatic heterocycles. The molecule has 1 aromatic rings. The van der Waals surface area contributed by atoms with E-state index < -0.39 is 18.6 Å². The van der Waals surface area contributed by atoms with Crippen LogP contribution >= 0.6 is 15.9 Å². The van der Waals surface area contributed by atoms with Crippen LogP contribution < -0.4 is 10.5 Å². The summed E-state index contributed by atoms with van der Waals surface area (Å²) in [6.45, 7) is 0. The highest BCUT2D eigenvalue weighted by Crippen LogP contribution is 2.33. The highest BCUT2D eigenvalue weighted by Gasteiger charge is 2.31. The minimum Gasteiger partial charge on any atom is -0.497 e. The van der Waals surface area contributed by atoms with Gasteiger partial charge in [0.15, 0.2) is 0 Å². The standard InChI is InChI=1S/C10H11BrF3NO/c1-16-6-2-3-8(11)7(4-6)9(15)5-10(12,13)14/h2-4,9H,5,15H2,1H3/t9-/m1/s1. The maximum atomic E-state index is 12.2. The van der Waals surface area contributed by atoms with Crippen molar-refractivity contribution in [1.82, 2.24) is 0 Å². The van der Waals surface area contributed by atoms with E-state index >= 15 is 0 Å². The molecule has 0 fully saturated rings. The lowest BCUT2D eigenvalue weighted by molar-refractivity contribution is -0.138. The summed E-state index contributed by atoms with van der Waals surface area (Å²) in [4.78, 5) is 0. The lowest BCUT2D eigenvalue weighted by atomic mass is 10.0. The van der Waals surface area contributed by atoms with Crippen molar-refractivity contribution in [3.05, 3.63) is 28.2 Å². The third-order valence-corrected chi connectivity index (χ3v) is 2.78. The maximum absolute atomic E-state index is 12.2. The Morgan fingerprint density at radius 3 is 2.56 bits per heavy atom. The predicted molar refractivity (Wildman–Crippen MR) is 58.3 cm³/mol. The zero-order valence-electron chi connectivity index (χ0n) is 8.51. The summed E-state index contributed by atoms with van der Waals surface area (Å²) in [6, 6.07) is 3.67. The van der Waals surface area contributed by atoms with E-state index in [9.17, 15) is 13.2 Å². The smallest absolute Gasteiger partial charge is 0.390 e. The highest BCUT2D eigenvalue weighted by atomic mass is 79.9. The fourth-order valence-corrected chi connectivity index (χ4v) is 1.83. The minimum absolute atomic E-state index is 0.386. The Balaban J connectivity index is 2.93. The first kappa shape index (κ1) is 13.3. The summed E-state index contributed by atoms with van der Waals surface area (Å²) in [7, 11) is 1.45. The van der Waals surface area contributed by atoms with Crippen molar-refractivity contribution < 1.29 is 17.9 Å². The molecule has 0 unspecified atom stereocenters. The topological polar surface area (TPSA) is 35.2 Å². The molecule has 1 atom stereocenters. The second-order valence-corrected chi connectivity index (χ2v) is 4.17. The van der Waals surface area contributed by atoms with Gasteiger partial charge in [0.05, 0.1) is 13.5 Å². The van der Waals surface area contributed by atoms with Gasteiger partial charge in [-0.3, -0.25) is 0 Å². The second kappa shape index (κ2) is 5.05. The van der Waals surface area contributed by atoms with Crippen LogP contribution in [0, 0.1) is 0 Å². The molecule has 0 spiro atoms. The van der Waals surface area contributed by atoms with Crippen LogP contribution in [-0.4, -0.2) is 13.3 Å². The second-order valence-electron chi connectivity index (χ2n) is 3.31. The number of ether oxygens (including phenoxy) is 1. The van der Waals surface area contributed by atoms with E-state index in [0.29, 0.717) is 15.8 Å². The van der Waals surface area contributed by atoms with Crippen LogP contribution in [0.4, 0.5) is 13.2 Å². The van der Waals surface area contributed by atoms with Gasteiger partial charge < -0.3 is 10.5 Å². The Morgan fingerprint density at radius 1 is 1.44 bits per heavy atom. The summed E-state index contributed by atoms with van der Waals surface area (Å²) >= 11 is 3.16. The monoisotopic (exact) mass is 297 g/mol. The van der Waals surface area contributed by atoms with E-state index in [1.54, 1.807) is 12.1 Å². The number of benzene rings is 1. The molecule has 90 valence electrons. The number of hydrogen-bond acceptors (Lipinski definition) is 2. The number of halogens is 4. The SMILES string of the molecule is COc1ccc(Br)c([C@H](N)CC(F)(F)F)c1. The van der Waals surface area contributed by atoms with Crippen molar-refractivity contribution in [2.45, 2.75) is 18.6 Å². The molecular formula is C10H11BrF3NO. The number of rotatable bonds is 3. The molecule has 2 N–H and O–H groups in total. The van der Waals surface area contributed by atoms with Gasteiger partial charge in [0, 0.05) is 10.5 Å². The molecule has 2 nitrogen and oxygen atoms in total. The van der Waals surface area contributed by atoms with Gasteiger partial charge in [-0.05, 0) is 23.8 Å². The minimum atomic E-state index is -4.28. The molecular weight excluding hydrogens is 287 g/mol. The molecule has 0 radical (unpaired) electrons. The van der Waals surface area contributed by atoms with Crippen molar-refractivity contribution in [2.24, 2.45) is 5.73 Å². The van der Waals surface area contributed by atoms with E-state index in [0.717, 1.165) is 0 Å². The first-order valence-corrected chi connectivity index (χ1v) is 5.28. The zero-order valence-corrected chi connectivity index (χ0v) is 10.1. The van der Waals surface area contributed by atoms with Gasteiger partial charge in [-0.2, -0.15) is 13.2 Å². The summed E-state index contributed by atoms with van der Waals surface area (Å²) < 4.78 is 42.0. The molecule has 1 rings (SSSR count). The number of hydrogen-bond donors (Lipinski definition) is 1. The number of nitrogens with two attached hydrogens (primary N) is 1. The lowest BCUT2D eigenvalue weighted by Gasteiger charge is -2.16. The van der Waals surface area contributed by atoms with E-state index in [1.165, 1.54) is 13.2 Å². The van der Waals surface area contributed by atoms with Gasteiger partial charge >= 0.3 is 6.18 Å². The molecule has 0 amide bonds. The summed E-state index contributed by atoms with van der Waals surface area (Å²) in [6.07, 6.45) is -5.33. The van der Waals surface area contributed by atoms with E-state index in [1.807, 2.05) is 0 Å². The van der Waals surface area contributed by atoms with Crippen LogP contribution in [0.5, 0.6) is 5.75 Å². The normalized spacial score (nSPS) is 13.6. The van der Waals surface area contributed by atoms with Crippen LogP contribution in [0.15, 0.2) is 22.7 Å². The Hall–Kier alpha value is -0.750. The van der Waals surface area contributed by atoms with Crippen LogP contribution in [0.2, 0.25) is 0 Å². The summed E-state index contributed by atoms with van der Waals surface area (Å²) in [5.74, 6) is 0.482. The van der Waals surface area contributed by atoms with Crippen molar-refractivity contribution in [3.8, 4) is 5.75 Å². The molecule has 6 heteroatoms. The number of alkyl halides is 3. The molecule has 16 heavy (non-hydrogen) atoms. The predicted octanol–water partition coefficient (Wildman–Crippen LogP) is 3.41. The first-order chi connectivity index (χ1) is 7.33. The van der Waals surface area contributed by atoms with Crippen molar-refractivity contribution in [1.29, 1.82) is 0 Å². The Labute approximate surface area is 99.7 Å². The van der Waals surface area contributed by atoms with Gasteiger partial charge in [0.1, 0.15) is 5.75 Å². The Morgan fingerprint density at radius 2 is 2.06 bits per heavy atom. The molecule has 0 aliphatic rings. The fourth-order valence-electron chi connectivity index (χ4n) is 1.29. The maximum Gasteiger partial charge on any atom is 0.390 e. The molecule has 0 aromatic heterocycles. The van der Waals surface area contributed by atoms with Crippen LogP contribution in [0.25, 0.3) is 0 Å². The molecule has 0 saturated heterocycles. The summed E-state index contributed by atoms with van der Waals surface area (Å²) in [5.41, 5.74) is 5.89. The van der Waals surface area contributed by atoms with Crippen LogP contribution in [0.3, 0.4) is 0 Å². The van der Waals surface area contributed by atoms with Crippen molar-refractivity contribution >= 4 is 15.9 Å². The molecule has 0 saturated carbocycles. The van der Waals surface area contributed by atoms with Gasteiger partial charge in [-0.15, -0.1) is 0 Å². The molecule has 1 aromatic carbocycles. The number of methoxy groups -OCH3 is 1. The highest BCUT2D eigenvalue weighted by molar-refractivity contribution is 9.10. The van der Waals surface area contributed by atoms with Gasteiger partial charge in [-0.1, -0.05) is 15.9 Å². The first-order valence-electron chi connectivity index (χ1n) is 4.49. The Kier molecular flexibility index (Phi) is 4.21. The fraction of sp³-hybridized carbons (Fsp3) is 0.400. The quantitative estimate of drug-likeness (QED) is 0.928. The van der Waals surface area contributed by atoms with E-state index in [4.69, 9.17) is 10.5 Å². The Bertz CT molecular complexity index is 368. The third kappa shape index (κ3) is 3.68. The van der Waals surface area contributed by atoms with Crippen molar-refractivity contribution in [2.75, 3.05) is 7.11 Å². The summed E-state index contributed by atoms with van der Waals surface area (Å²) in [5, 5.41) is 0. The van der Waals surface area contributed by atoms with Crippen molar-refractivity contribution in [3.63, 3.8) is 0 Å². The van der Waals surface area contributed by atoms with Gasteiger partial charge in [-0.25, -0.2) is 0 Å². The lowest BCUT2D eigenvalue weighted by Crippen LogP contribution is -2.20. The van der Waals surface area contributed by atoms with Gasteiger partial charge in [0.25, 0.3) is 0 Å². The van der Waals surface area contributed by atoms with Gasteiger partial charge in [0.2, 0.25) is 0 Å². The molecule has 0 heterocycles. The molecule has 0 bridgehead atoms.